The zero-order chi connectivity index (χ0) is 20.1. The maximum absolute atomic E-state index is 14.5. The number of carbonyl (C=O) groups excluding carboxylic acids is 1. The number of urea groups is 1. The number of carbonyl (C=O) groups is 1. The molecule has 0 spiro atoms. The Hall–Kier alpha value is -3.20. The van der Waals surface area contributed by atoms with Crippen molar-refractivity contribution in [2.75, 3.05) is 41.8 Å². The molecule has 1 fully saturated rings. The molecular weight excluding hydrogens is 373 g/mol. The average molecular weight is 395 g/mol. The van der Waals surface area contributed by atoms with Gasteiger partial charge in [-0.25, -0.2) is 19.2 Å². The highest BCUT2D eigenvalue weighted by molar-refractivity contribution is 6.03. The van der Waals surface area contributed by atoms with Gasteiger partial charge in [0, 0.05) is 61.6 Å². The third-order valence-electron chi connectivity index (χ3n) is 5.63. The van der Waals surface area contributed by atoms with Crippen molar-refractivity contribution >= 4 is 28.9 Å². The molecule has 0 aromatic carbocycles. The lowest BCUT2D eigenvalue weighted by molar-refractivity contribution is 0.257. The number of likely N-dealkylation sites (N-methyl/N-ethyl adjacent to an activating group) is 1. The standard InChI is InChI=1S/C20H22FN7O/c1-12-8-27-11-16(15(21)7-18(27)24-12)25-20(29)28-6-4-14-17(3-5-23-19(14)28)26-9-13(10-26)22-2/h3,5,7-8,11,13,22H,4,6,9-10H2,1-2H3,(H,25,29). The zero-order valence-corrected chi connectivity index (χ0v) is 16.3. The Kier molecular flexibility index (Phi) is 4.13. The van der Waals surface area contributed by atoms with E-state index < -0.39 is 5.82 Å². The number of amides is 2. The molecule has 2 aliphatic rings. The summed E-state index contributed by atoms with van der Waals surface area (Å²) in [5, 5.41) is 5.96. The van der Waals surface area contributed by atoms with Crippen LogP contribution in [-0.2, 0) is 6.42 Å². The monoisotopic (exact) mass is 395 g/mol. The van der Waals surface area contributed by atoms with Crippen LogP contribution in [0.15, 0.2) is 30.7 Å². The van der Waals surface area contributed by atoms with Crippen molar-refractivity contribution < 1.29 is 9.18 Å². The number of nitrogens with zero attached hydrogens (tertiary/aromatic N) is 5. The predicted octanol–water partition coefficient (Wildman–Crippen LogP) is 2.18. The smallest absolute Gasteiger partial charge is 0.327 e. The molecule has 3 aromatic rings. The molecule has 2 aliphatic heterocycles. The third-order valence-corrected chi connectivity index (χ3v) is 5.63. The molecule has 0 bridgehead atoms. The fraction of sp³-hybridized carbons (Fsp3) is 0.350. The van der Waals surface area contributed by atoms with Gasteiger partial charge in [-0.15, -0.1) is 0 Å². The molecule has 0 atom stereocenters. The first-order valence-corrected chi connectivity index (χ1v) is 9.67. The second-order valence-electron chi connectivity index (χ2n) is 7.54. The average Bonchev–Trinajstić information content (AvgIpc) is 3.24. The molecule has 5 heterocycles. The van der Waals surface area contributed by atoms with E-state index in [4.69, 9.17) is 0 Å². The van der Waals surface area contributed by atoms with Crippen LogP contribution in [-0.4, -0.2) is 53.1 Å². The summed E-state index contributed by atoms with van der Waals surface area (Å²) < 4.78 is 16.1. The van der Waals surface area contributed by atoms with E-state index in [9.17, 15) is 9.18 Å². The molecule has 3 aromatic heterocycles. The van der Waals surface area contributed by atoms with E-state index >= 15 is 0 Å². The van der Waals surface area contributed by atoms with Crippen LogP contribution in [0.5, 0.6) is 0 Å². The topological polar surface area (TPSA) is 77.8 Å². The van der Waals surface area contributed by atoms with Gasteiger partial charge in [-0.05, 0) is 26.5 Å². The molecule has 2 N–H and O–H groups in total. The number of hydrogen-bond acceptors (Lipinski definition) is 5. The van der Waals surface area contributed by atoms with Gasteiger partial charge in [-0.2, -0.15) is 0 Å². The number of pyridine rings is 2. The highest BCUT2D eigenvalue weighted by Crippen LogP contribution is 2.35. The van der Waals surface area contributed by atoms with E-state index in [1.165, 1.54) is 6.07 Å². The number of fused-ring (bicyclic) bond motifs is 2. The summed E-state index contributed by atoms with van der Waals surface area (Å²) >= 11 is 0. The van der Waals surface area contributed by atoms with Crippen LogP contribution in [0.4, 0.5) is 26.4 Å². The van der Waals surface area contributed by atoms with Gasteiger partial charge < -0.3 is 19.9 Å². The first kappa shape index (κ1) is 17.9. The summed E-state index contributed by atoms with van der Waals surface area (Å²) in [4.78, 5) is 25.4. The summed E-state index contributed by atoms with van der Waals surface area (Å²) in [6.45, 7) is 4.23. The van der Waals surface area contributed by atoms with Gasteiger partial charge in [-0.3, -0.25) is 4.90 Å². The fourth-order valence-electron chi connectivity index (χ4n) is 4.04. The Labute approximate surface area is 167 Å². The number of imidazole rings is 1. The van der Waals surface area contributed by atoms with Gasteiger partial charge in [0.05, 0.1) is 11.4 Å². The molecule has 1 saturated heterocycles. The largest absolute Gasteiger partial charge is 0.368 e. The minimum atomic E-state index is -0.517. The highest BCUT2D eigenvalue weighted by Gasteiger charge is 2.33. The third kappa shape index (κ3) is 2.98. The Morgan fingerprint density at radius 2 is 2.14 bits per heavy atom. The molecule has 2 amide bonds. The van der Waals surface area contributed by atoms with Gasteiger partial charge in [0.25, 0.3) is 0 Å². The van der Waals surface area contributed by atoms with Crippen LogP contribution in [0.3, 0.4) is 0 Å². The van der Waals surface area contributed by atoms with Crippen molar-refractivity contribution in [3.05, 3.63) is 47.8 Å². The van der Waals surface area contributed by atoms with Gasteiger partial charge in [0.1, 0.15) is 11.5 Å². The van der Waals surface area contributed by atoms with Crippen molar-refractivity contribution in [3.63, 3.8) is 0 Å². The number of aryl methyl sites for hydroxylation is 1. The molecule has 8 nitrogen and oxygen atoms in total. The number of anilines is 3. The number of aromatic nitrogens is 3. The maximum Gasteiger partial charge on any atom is 0.327 e. The van der Waals surface area contributed by atoms with Crippen molar-refractivity contribution in [3.8, 4) is 0 Å². The minimum Gasteiger partial charge on any atom is -0.368 e. The maximum atomic E-state index is 14.5. The van der Waals surface area contributed by atoms with Crippen molar-refractivity contribution in [1.82, 2.24) is 19.7 Å². The number of rotatable bonds is 3. The lowest BCUT2D eigenvalue weighted by Gasteiger charge is -2.41. The summed E-state index contributed by atoms with van der Waals surface area (Å²) in [5.41, 5.74) is 3.59. The van der Waals surface area contributed by atoms with Gasteiger partial charge in [0.15, 0.2) is 5.82 Å². The van der Waals surface area contributed by atoms with E-state index in [-0.39, 0.29) is 11.7 Å². The summed E-state index contributed by atoms with van der Waals surface area (Å²) in [5.74, 6) is 0.129. The quantitative estimate of drug-likeness (QED) is 0.711. The molecule has 0 aliphatic carbocycles. The first-order chi connectivity index (χ1) is 14.0. The van der Waals surface area contributed by atoms with E-state index in [1.807, 2.05) is 20.0 Å². The van der Waals surface area contributed by atoms with Crippen LogP contribution >= 0.6 is 0 Å². The molecular formula is C20H22FN7O. The summed E-state index contributed by atoms with van der Waals surface area (Å²) in [7, 11) is 1.96. The molecule has 0 unspecified atom stereocenters. The Morgan fingerprint density at radius 3 is 2.93 bits per heavy atom. The molecule has 5 rings (SSSR count). The molecule has 29 heavy (non-hydrogen) atoms. The summed E-state index contributed by atoms with van der Waals surface area (Å²) in [6.07, 6.45) is 5.79. The second kappa shape index (κ2) is 6.70. The zero-order valence-electron chi connectivity index (χ0n) is 16.3. The van der Waals surface area contributed by atoms with E-state index in [2.05, 4.69) is 25.5 Å². The Bertz CT molecular complexity index is 1110. The van der Waals surface area contributed by atoms with E-state index in [0.717, 1.165) is 36.5 Å². The minimum absolute atomic E-state index is 0.115. The van der Waals surface area contributed by atoms with Crippen LogP contribution in [0.2, 0.25) is 0 Å². The lowest BCUT2D eigenvalue weighted by Crippen LogP contribution is -2.57. The second-order valence-corrected chi connectivity index (χ2v) is 7.54. The van der Waals surface area contributed by atoms with E-state index in [1.54, 1.807) is 27.9 Å². The first-order valence-electron chi connectivity index (χ1n) is 9.67. The van der Waals surface area contributed by atoms with Crippen LogP contribution < -0.4 is 20.4 Å². The van der Waals surface area contributed by atoms with Crippen LogP contribution in [0, 0.1) is 12.7 Å². The number of halogens is 1. The Morgan fingerprint density at radius 1 is 1.31 bits per heavy atom. The molecule has 0 saturated carbocycles. The van der Waals surface area contributed by atoms with Crippen LogP contribution in [0.1, 0.15) is 11.3 Å². The number of nitrogens with one attached hydrogen (secondary N) is 2. The van der Waals surface area contributed by atoms with E-state index in [0.29, 0.717) is 24.1 Å². The normalized spacial score (nSPS) is 16.2. The lowest BCUT2D eigenvalue weighted by atomic mass is 10.1. The van der Waals surface area contributed by atoms with Gasteiger partial charge in [0.2, 0.25) is 0 Å². The summed E-state index contributed by atoms with van der Waals surface area (Å²) in [6, 6.07) is 3.42. The Balaban J connectivity index is 1.38. The van der Waals surface area contributed by atoms with Crippen LogP contribution in [0.25, 0.3) is 5.65 Å². The van der Waals surface area contributed by atoms with Crippen molar-refractivity contribution in [2.45, 2.75) is 19.4 Å². The molecule has 150 valence electrons. The number of hydrogen-bond donors (Lipinski definition) is 2. The van der Waals surface area contributed by atoms with Crippen molar-refractivity contribution in [1.29, 1.82) is 0 Å². The predicted molar refractivity (Wildman–Crippen MR) is 109 cm³/mol. The van der Waals surface area contributed by atoms with Gasteiger partial charge in [-0.1, -0.05) is 0 Å². The van der Waals surface area contributed by atoms with Gasteiger partial charge >= 0.3 is 6.03 Å². The SMILES string of the molecule is CNC1CN(c2ccnc3c2CCN3C(=O)Nc2cn3cc(C)nc3cc2F)C1. The molecule has 0 radical (unpaired) electrons. The highest BCUT2D eigenvalue weighted by atomic mass is 19.1. The molecule has 9 heteroatoms. The fourth-order valence-corrected chi connectivity index (χ4v) is 4.04. The van der Waals surface area contributed by atoms with Crippen molar-refractivity contribution in [2.24, 2.45) is 0 Å².